The van der Waals surface area contributed by atoms with Crippen molar-refractivity contribution in [2.45, 2.75) is 0 Å². The van der Waals surface area contributed by atoms with Crippen LogP contribution in [-0.4, -0.2) is 20.1 Å². The van der Waals surface area contributed by atoms with Crippen LogP contribution in [0.2, 0.25) is 5.02 Å². The van der Waals surface area contributed by atoms with E-state index in [9.17, 15) is 4.79 Å². The highest BCUT2D eigenvalue weighted by atomic mass is 35.5. The Kier molecular flexibility index (Phi) is 6.35. The quantitative estimate of drug-likeness (QED) is 0.442. The molecule has 0 aliphatic carbocycles. The zero-order valence-corrected chi connectivity index (χ0v) is 16.4. The number of anilines is 1. The Labute approximate surface area is 169 Å². The molecular formula is C23H20ClNO3. The number of methoxy groups -OCH3 is 2. The van der Waals surface area contributed by atoms with Gasteiger partial charge in [0.2, 0.25) is 0 Å². The molecule has 0 fully saturated rings. The van der Waals surface area contributed by atoms with Gasteiger partial charge in [0, 0.05) is 16.7 Å². The van der Waals surface area contributed by atoms with Gasteiger partial charge in [-0.05, 0) is 35.4 Å². The Bertz CT molecular complexity index is 1000. The molecule has 1 amide bonds. The molecule has 142 valence electrons. The Hall–Kier alpha value is -3.24. The van der Waals surface area contributed by atoms with Crippen LogP contribution in [0.3, 0.4) is 0 Å². The lowest BCUT2D eigenvalue weighted by Crippen LogP contribution is -2.14. The van der Waals surface area contributed by atoms with Crippen LogP contribution in [0.1, 0.15) is 11.1 Å². The average Bonchev–Trinajstić information content (AvgIpc) is 2.74. The zero-order valence-electron chi connectivity index (χ0n) is 15.6. The molecule has 0 radical (unpaired) electrons. The molecule has 3 aromatic carbocycles. The maximum absolute atomic E-state index is 13.1. The van der Waals surface area contributed by atoms with Crippen LogP contribution in [0.15, 0.2) is 72.8 Å². The molecular weight excluding hydrogens is 374 g/mol. The SMILES string of the molecule is COc1ccc(NC(=O)/C(=C/c2ccccc2Cl)c2ccccc2)c(OC)c1. The summed E-state index contributed by atoms with van der Waals surface area (Å²) >= 11 is 6.29. The number of nitrogens with one attached hydrogen (secondary N) is 1. The van der Waals surface area contributed by atoms with E-state index in [2.05, 4.69) is 5.32 Å². The normalized spacial score (nSPS) is 11.0. The molecule has 0 unspecified atom stereocenters. The summed E-state index contributed by atoms with van der Waals surface area (Å²) in [6.45, 7) is 0. The van der Waals surface area contributed by atoms with E-state index in [1.807, 2.05) is 48.5 Å². The highest BCUT2D eigenvalue weighted by Gasteiger charge is 2.15. The van der Waals surface area contributed by atoms with Crippen molar-refractivity contribution in [2.24, 2.45) is 0 Å². The van der Waals surface area contributed by atoms with Gasteiger partial charge in [0.25, 0.3) is 5.91 Å². The number of hydrogen-bond acceptors (Lipinski definition) is 3. The molecule has 1 N–H and O–H groups in total. The highest BCUT2D eigenvalue weighted by Crippen LogP contribution is 2.31. The highest BCUT2D eigenvalue weighted by molar-refractivity contribution is 6.34. The van der Waals surface area contributed by atoms with Gasteiger partial charge in [-0.25, -0.2) is 0 Å². The lowest BCUT2D eigenvalue weighted by atomic mass is 10.0. The van der Waals surface area contributed by atoms with Crippen LogP contribution in [0.25, 0.3) is 11.6 Å². The number of carbonyl (C=O) groups is 1. The monoisotopic (exact) mass is 393 g/mol. The van der Waals surface area contributed by atoms with Gasteiger partial charge in [-0.1, -0.05) is 60.1 Å². The summed E-state index contributed by atoms with van der Waals surface area (Å²) < 4.78 is 10.6. The molecule has 0 aliphatic heterocycles. The first-order valence-corrected chi connectivity index (χ1v) is 9.05. The molecule has 0 saturated heterocycles. The first-order valence-electron chi connectivity index (χ1n) is 8.67. The van der Waals surface area contributed by atoms with Crippen molar-refractivity contribution in [3.05, 3.63) is 88.9 Å². The summed E-state index contributed by atoms with van der Waals surface area (Å²) in [6, 6.07) is 22.1. The molecule has 0 atom stereocenters. The minimum atomic E-state index is -0.269. The molecule has 0 aromatic heterocycles. The van der Waals surface area contributed by atoms with Crippen LogP contribution < -0.4 is 14.8 Å². The Morgan fingerprint density at radius 2 is 1.64 bits per heavy atom. The molecule has 4 nitrogen and oxygen atoms in total. The second-order valence-corrected chi connectivity index (χ2v) is 6.37. The van der Waals surface area contributed by atoms with Crippen molar-refractivity contribution in [3.63, 3.8) is 0 Å². The van der Waals surface area contributed by atoms with E-state index >= 15 is 0 Å². The number of benzene rings is 3. The summed E-state index contributed by atoms with van der Waals surface area (Å²) in [5.74, 6) is 0.886. The number of hydrogen-bond donors (Lipinski definition) is 1. The first kappa shape index (κ1) is 19.5. The van der Waals surface area contributed by atoms with Gasteiger partial charge < -0.3 is 14.8 Å². The average molecular weight is 394 g/mol. The predicted octanol–water partition coefficient (Wildman–Crippen LogP) is 5.54. The van der Waals surface area contributed by atoms with Crippen LogP contribution in [0, 0.1) is 0 Å². The number of amides is 1. The number of ether oxygens (including phenoxy) is 2. The number of rotatable bonds is 6. The molecule has 0 saturated carbocycles. The molecule has 0 heterocycles. The van der Waals surface area contributed by atoms with E-state index in [0.717, 1.165) is 11.1 Å². The minimum Gasteiger partial charge on any atom is -0.497 e. The predicted molar refractivity (Wildman–Crippen MR) is 114 cm³/mol. The number of halogens is 1. The summed E-state index contributed by atoms with van der Waals surface area (Å²) in [7, 11) is 3.12. The van der Waals surface area contributed by atoms with Crippen LogP contribution >= 0.6 is 11.6 Å². The molecule has 0 aliphatic rings. The smallest absolute Gasteiger partial charge is 0.256 e. The van der Waals surface area contributed by atoms with E-state index in [1.54, 1.807) is 44.6 Å². The van der Waals surface area contributed by atoms with E-state index in [4.69, 9.17) is 21.1 Å². The van der Waals surface area contributed by atoms with Crippen molar-refractivity contribution in [3.8, 4) is 11.5 Å². The van der Waals surface area contributed by atoms with E-state index in [1.165, 1.54) is 0 Å². The Morgan fingerprint density at radius 1 is 0.929 bits per heavy atom. The van der Waals surface area contributed by atoms with Crippen molar-refractivity contribution < 1.29 is 14.3 Å². The van der Waals surface area contributed by atoms with Crippen LogP contribution in [-0.2, 0) is 4.79 Å². The largest absolute Gasteiger partial charge is 0.497 e. The summed E-state index contributed by atoms with van der Waals surface area (Å²) in [5, 5.41) is 3.49. The van der Waals surface area contributed by atoms with Gasteiger partial charge >= 0.3 is 0 Å². The van der Waals surface area contributed by atoms with Crippen LogP contribution in [0.5, 0.6) is 11.5 Å². The second kappa shape index (κ2) is 9.11. The molecule has 28 heavy (non-hydrogen) atoms. The Morgan fingerprint density at radius 3 is 2.32 bits per heavy atom. The maximum atomic E-state index is 13.1. The standard InChI is InChI=1S/C23H20ClNO3/c1-27-18-12-13-21(22(15-18)28-2)25-23(26)19(16-8-4-3-5-9-16)14-17-10-6-7-11-20(17)24/h3-15H,1-2H3,(H,25,26)/b19-14+. The summed E-state index contributed by atoms with van der Waals surface area (Å²) in [6.07, 6.45) is 1.78. The van der Waals surface area contributed by atoms with Crippen molar-refractivity contribution in [2.75, 3.05) is 19.5 Å². The van der Waals surface area contributed by atoms with E-state index in [0.29, 0.717) is 27.8 Å². The Balaban J connectivity index is 2.00. The topological polar surface area (TPSA) is 47.6 Å². The van der Waals surface area contributed by atoms with E-state index in [-0.39, 0.29) is 5.91 Å². The third kappa shape index (κ3) is 4.53. The van der Waals surface area contributed by atoms with Crippen molar-refractivity contribution in [1.29, 1.82) is 0 Å². The minimum absolute atomic E-state index is 0.269. The van der Waals surface area contributed by atoms with Gasteiger partial charge in [-0.2, -0.15) is 0 Å². The fourth-order valence-corrected chi connectivity index (χ4v) is 2.93. The van der Waals surface area contributed by atoms with Crippen LogP contribution in [0.4, 0.5) is 5.69 Å². The van der Waals surface area contributed by atoms with Gasteiger partial charge in [0.1, 0.15) is 11.5 Å². The fourth-order valence-electron chi connectivity index (χ4n) is 2.74. The molecule has 0 spiro atoms. The lowest BCUT2D eigenvalue weighted by Gasteiger charge is -2.14. The fraction of sp³-hybridized carbons (Fsp3) is 0.0870. The van der Waals surface area contributed by atoms with E-state index < -0.39 is 0 Å². The van der Waals surface area contributed by atoms with Gasteiger partial charge in [-0.3, -0.25) is 4.79 Å². The molecule has 3 aromatic rings. The summed E-state index contributed by atoms with van der Waals surface area (Å²) in [4.78, 5) is 13.1. The zero-order chi connectivity index (χ0) is 19.9. The third-order valence-electron chi connectivity index (χ3n) is 4.19. The lowest BCUT2D eigenvalue weighted by molar-refractivity contribution is -0.111. The van der Waals surface area contributed by atoms with Gasteiger partial charge in [-0.15, -0.1) is 0 Å². The molecule has 5 heteroatoms. The van der Waals surface area contributed by atoms with Gasteiger partial charge in [0.05, 0.1) is 19.9 Å². The number of carbonyl (C=O) groups excluding carboxylic acids is 1. The van der Waals surface area contributed by atoms with Gasteiger partial charge in [0.15, 0.2) is 0 Å². The first-order chi connectivity index (χ1) is 13.6. The molecule has 3 rings (SSSR count). The third-order valence-corrected chi connectivity index (χ3v) is 4.54. The van der Waals surface area contributed by atoms with Crippen molar-refractivity contribution in [1.82, 2.24) is 0 Å². The second-order valence-electron chi connectivity index (χ2n) is 5.97. The van der Waals surface area contributed by atoms with Crippen molar-refractivity contribution >= 4 is 34.8 Å². The summed E-state index contributed by atoms with van der Waals surface area (Å²) in [5.41, 5.74) is 2.59. The molecule has 0 bridgehead atoms. The maximum Gasteiger partial charge on any atom is 0.256 e.